The molecule has 0 spiro atoms. The summed E-state index contributed by atoms with van der Waals surface area (Å²) in [6, 6.07) is 0.383. The van der Waals surface area contributed by atoms with Crippen molar-refractivity contribution in [3.8, 4) is 0 Å². The van der Waals surface area contributed by atoms with Crippen molar-refractivity contribution in [1.29, 1.82) is 0 Å². The predicted molar refractivity (Wildman–Crippen MR) is 69.6 cm³/mol. The van der Waals surface area contributed by atoms with E-state index >= 15 is 0 Å². The SMILES string of the molecule is CCC1CCCCN1C(=O)OC(C)(C)C.O=CO. The Bertz CT molecular complexity index is 260. The molecule has 0 radical (unpaired) electrons. The molecule has 5 heteroatoms. The smallest absolute Gasteiger partial charge is 0.410 e. The summed E-state index contributed by atoms with van der Waals surface area (Å²) >= 11 is 0. The van der Waals surface area contributed by atoms with E-state index in [1.54, 1.807) is 0 Å². The van der Waals surface area contributed by atoms with Gasteiger partial charge in [-0.25, -0.2) is 4.79 Å². The number of amides is 1. The molecule has 1 saturated heterocycles. The van der Waals surface area contributed by atoms with Gasteiger partial charge in [-0.3, -0.25) is 4.79 Å². The molecule has 5 nitrogen and oxygen atoms in total. The van der Waals surface area contributed by atoms with E-state index in [0.29, 0.717) is 6.04 Å². The number of carbonyl (C=O) groups is 2. The quantitative estimate of drug-likeness (QED) is 0.735. The van der Waals surface area contributed by atoms with Crippen LogP contribution in [0, 0.1) is 0 Å². The number of nitrogens with zero attached hydrogens (tertiary/aromatic N) is 1. The number of hydrogen-bond acceptors (Lipinski definition) is 3. The molecule has 1 rings (SSSR count). The van der Waals surface area contributed by atoms with Gasteiger partial charge in [-0.15, -0.1) is 0 Å². The minimum absolute atomic E-state index is 0.144. The molecule has 0 saturated carbocycles. The highest BCUT2D eigenvalue weighted by Crippen LogP contribution is 2.21. The Balaban J connectivity index is 0.000000873. The van der Waals surface area contributed by atoms with E-state index in [-0.39, 0.29) is 18.2 Å². The summed E-state index contributed by atoms with van der Waals surface area (Å²) < 4.78 is 5.40. The lowest BCUT2D eigenvalue weighted by atomic mass is 10.0. The Labute approximate surface area is 109 Å². The Morgan fingerprint density at radius 2 is 2.00 bits per heavy atom. The van der Waals surface area contributed by atoms with E-state index in [2.05, 4.69) is 6.92 Å². The lowest BCUT2D eigenvalue weighted by molar-refractivity contribution is -0.122. The van der Waals surface area contributed by atoms with Crippen LogP contribution in [0.15, 0.2) is 0 Å². The minimum Gasteiger partial charge on any atom is -0.483 e. The van der Waals surface area contributed by atoms with Crippen LogP contribution in [0.3, 0.4) is 0 Å². The first kappa shape index (κ1) is 16.7. The van der Waals surface area contributed by atoms with Crippen LogP contribution >= 0.6 is 0 Å². The third kappa shape index (κ3) is 6.47. The number of rotatable bonds is 1. The number of carbonyl (C=O) groups excluding carboxylic acids is 1. The number of likely N-dealkylation sites (tertiary alicyclic amines) is 1. The zero-order valence-electron chi connectivity index (χ0n) is 11.8. The molecule has 0 aromatic heterocycles. The molecule has 0 aliphatic carbocycles. The van der Waals surface area contributed by atoms with Gasteiger partial charge in [-0.1, -0.05) is 6.92 Å². The Morgan fingerprint density at radius 1 is 1.44 bits per heavy atom. The molecule has 18 heavy (non-hydrogen) atoms. The summed E-state index contributed by atoms with van der Waals surface area (Å²) in [5, 5.41) is 6.89. The van der Waals surface area contributed by atoms with E-state index in [0.717, 1.165) is 25.8 Å². The number of carboxylic acid groups (broad SMARTS) is 1. The molecule has 1 heterocycles. The molecule has 106 valence electrons. The molecule has 1 N–H and O–H groups in total. The normalized spacial score (nSPS) is 19.6. The fourth-order valence-electron chi connectivity index (χ4n) is 1.99. The second-order valence-corrected chi connectivity index (χ2v) is 5.34. The Morgan fingerprint density at radius 3 is 2.44 bits per heavy atom. The summed E-state index contributed by atoms with van der Waals surface area (Å²) in [6.45, 7) is 8.47. The number of hydrogen-bond donors (Lipinski definition) is 1. The van der Waals surface area contributed by atoms with Crippen molar-refractivity contribution in [2.75, 3.05) is 6.54 Å². The summed E-state index contributed by atoms with van der Waals surface area (Å²) in [7, 11) is 0. The lowest BCUT2D eigenvalue weighted by Gasteiger charge is -2.36. The van der Waals surface area contributed by atoms with Crippen molar-refractivity contribution in [2.24, 2.45) is 0 Å². The van der Waals surface area contributed by atoms with E-state index in [1.807, 2.05) is 25.7 Å². The third-order valence-electron chi connectivity index (χ3n) is 2.73. The second-order valence-electron chi connectivity index (χ2n) is 5.34. The fourth-order valence-corrected chi connectivity index (χ4v) is 1.99. The van der Waals surface area contributed by atoms with Crippen molar-refractivity contribution in [3.05, 3.63) is 0 Å². The molecule has 1 aliphatic heterocycles. The molecule has 1 unspecified atom stereocenters. The van der Waals surface area contributed by atoms with Crippen LogP contribution in [-0.4, -0.2) is 40.8 Å². The van der Waals surface area contributed by atoms with Crippen molar-refractivity contribution < 1.29 is 19.4 Å². The van der Waals surface area contributed by atoms with Gasteiger partial charge in [0.2, 0.25) is 0 Å². The van der Waals surface area contributed by atoms with Gasteiger partial charge in [0.1, 0.15) is 5.60 Å². The Kier molecular flexibility index (Phi) is 7.39. The highest BCUT2D eigenvalue weighted by Gasteiger charge is 2.29. The fraction of sp³-hybridized carbons (Fsp3) is 0.846. The molecule has 1 aliphatic rings. The van der Waals surface area contributed by atoms with Crippen LogP contribution < -0.4 is 0 Å². The average Bonchev–Trinajstić information content (AvgIpc) is 2.27. The zero-order chi connectivity index (χ0) is 14.2. The molecule has 0 aromatic rings. The van der Waals surface area contributed by atoms with Gasteiger partial charge in [-0.05, 0) is 46.5 Å². The van der Waals surface area contributed by atoms with Gasteiger partial charge < -0.3 is 14.7 Å². The average molecular weight is 259 g/mol. The zero-order valence-corrected chi connectivity index (χ0v) is 11.8. The highest BCUT2D eigenvalue weighted by molar-refractivity contribution is 5.68. The summed E-state index contributed by atoms with van der Waals surface area (Å²) in [5.74, 6) is 0. The molecule has 1 amide bonds. The molecule has 1 atom stereocenters. The second kappa shape index (κ2) is 7.95. The molecule has 1 fully saturated rings. The molecule has 0 aromatic carbocycles. The van der Waals surface area contributed by atoms with Crippen LogP contribution in [0.5, 0.6) is 0 Å². The van der Waals surface area contributed by atoms with Crippen LogP contribution in [-0.2, 0) is 9.53 Å². The van der Waals surface area contributed by atoms with Gasteiger partial charge in [0, 0.05) is 12.6 Å². The standard InChI is InChI=1S/C12H23NO2.CH2O2/c1-5-10-8-6-7-9-13(10)11(14)15-12(2,3)4;2-1-3/h10H,5-9H2,1-4H3;1H,(H,2,3). The highest BCUT2D eigenvalue weighted by atomic mass is 16.6. The van der Waals surface area contributed by atoms with Gasteiger partial charge in [-0.2, -0.15) is 0 Å². The Hall–Kier alpha value is -1.26. The van der Waals surface area contributed by atoms with Crippen molar-refractivity contribution in [2.45, 2.75) is 65.0 Å². The molecular weight excluding hydrogens is 234 g/mol. The molecular formula is C13H25NO4. The van der Waals surface area contributed by atoms with Gasteiger partial charge in [0.05, 0.1) is 0 Å². The summed E-state index contributed by atoms with van der Waals surface area (Å²) in [6.07, 6.45) is 4.34. The summed E-state index contributed by atoms with van der Waals surface area (Å²) in [5.41, 5.74) is -0.382. The maximum Gasteiger partial charge on any atom is 0.410 e. The number of piperidine rings is 1. The first-order valence-corrected chi connectivity index (χ1v) is 6.43. The maximum absolute atomic E-state index is 11.9. The number of ether oxygens (including phenoxy) is 1. The van der Waals surface area contributed by atoms with E-state index in [9.17, 15) is 4.79 Å². The van der Waals surface area contributed by atoms with E-state index in [1.165, 1.54) is 6.42 Å². The van der Waals surface area contributed by atoms with Crippen LogP contribution in [0.4, 0.5) is 4.79 Å². The minimum atomic E-state index is -0.382. The lowest BCUT2D eigenvalue weighted by Crippen LogP contribution is -2.45. The first-order chi connectivity index (χ1) is 8.35. The third-order valence-corrected chi connectivity index (χ3v) is 2.73. The van der Waals surface area contributed by atoms with Gasteiger partial charge >= 0.3 is 6.09 Å². The van der Waals surface area contributed by atoms with E-state index < -0.39 is 0 Å². The van der Waals surface area contributed by atoms with Crippen LogP contribution in [0.1, 0.15) is 53.4 Å². The van der Waals surface area contributed by atoms with Crippen LogP contribution in [0.25, 0.3) is 0 Å². The largest absolute Gasteiger partial charge is 0.483 e. The molecule has 0 bridgehead atoms. The maximum atomic E-state index is 11.9. The van der Waals surface area contributed by atoms with Crippen molar-refractivity contribution in [1.82, 2.24) is 4.90 Å². The van der Waals surface area contributed by atoms with Crippen molar-refractivity contribution >= 4 is 12.6 Å². The first-order valence-electron chi connectivity index (χ1n) is 6.43. The predicted octanol–water partition coefficient (Wildman–Crippen LogP) is 2.89. The monoisotopic (exact) mass is 259 g/mol. The van der Waals surface area contributed by atoms with E-state index in [4.69, 9.17) is 14.6 Å². The van der Waals surface area contributed by atoms with Gasteiger partial charge in [0.15, 0.2) is 0 Å². The summed E-state index contributed by atoms with van der Waals surface area (Å²) in [4.78, 5) is 22.1. The van der Waals surface area contributed by atoms with Crippen molar-refractivity contribution in [3.63, 3.8) is 0 Å². The van der Waals surface area contributed by atoms with Gasteiger partial charge in [0.25, 0.3) is 6.47 Å². The topological polar surface area (TPSA) is 66.8 Å². The van der Waals surface area contributed by atoms with Crippen LogP contribution in [0.2, 0.25) is 0 Å².